The molecule has 3 heterocycles. The topological polar surface area (TPSA) is 68.5 Å². The average Bonchev–Trinajstić information content (AvgIpc) is 3.02. The lowest BCUT2D eigenvalue weighted by molar-refractivity contribution is 0.0725. The summed E-state index contributed by atoms with van der Waals surface area (Å²) < 4.78 is 11.2. The van der Waals surface area contributed by atoms with Crippen LogP contribution in [0.2, 0.25) is 0 Å². The van der Waals surface area contributed by atoms with E-state index in [1.807, 2.05) is 18.2 Å². The minimum absolute atomic E-state index is 0.141. The Labute approximate surface area is 145 Å². The van der Waals surface area contributed by atoms with E-state index in [0.717, 1.165) is 17.4 Å². The first-order valence-corrected chi connectivity index (χ1v) is 8.40. The molecule has 1 aliphatic heterocycles. The van der Waals surface area contributed by atoms with Gasteiger partial charge in [-0.3, -0.25) is 4.79 Å². The molecule has 1 aromatic carbocycles. The normalized spacial score (nSPS) is 18.2. The summed E-state index contributed by atoms with van der Waals surface area (Å²) in [7, 11) is 0. The zero-order chi connectivity index (χ0) is 17.1. The van der Waals surface area contributed by atoms with Crippen molar-refractivity contribution in [2.75, 3.05) is 26.3 Å². The van der Waals surface area contributed by atoms with E-state index in [9.17, 15) is 4.79 Å². The first-order chi connectivity index (χ1) is 12.3. The van der Waals surface area contributed by atoms with Crippen LogP contribution >= 0.6 is 0 Å². The van der Waals surface area contributed by atoms with Crippen molar-refractivity contribution in [2.24, 2.45) is 5.92 Å². The van der Waals surface area contributed by atoms with Crippen LogP contribution in [-0.4, -0.2) is 47.1 Å². The van der Waals surface area contributed by atoms with Gasteiger partial charge in [0.2, 0.25) is 5.82 Å². The monoisotopic (exact) mass is 337 g/mol. The van der Waals surface area contributed by atoms with Crippen molar-refractivity contribution in [2.45, 2.75) is 6.42 Å². The highest BCUT2D eigenvalue weighted by Crippen LogP contribution is 2.23. The van der Waals surface area contributed by atoms with Gasteiger partial charge < -0.3 is 14.1 Å². The molecular formula is C19H19N3O3. The average molecular weight is 337 g/mol. The lowest BCUT2D eigenvalue weighted by atomic mass is 9.97. The van der Waals surface area contributed by atoms with Crippen LogP contribution in [0.1, 0.15) is 16.2 Å². The number of carbonyl (C=O) groups excluding carboxylic acids is 1. The molecule has 6 heteroatoms. The molecule has 4 rings (SSSR count). The summed E-state index contributed by atoms with van der Waals surface area (Å²) in [6.45, 7) is 2.35. The smallest absolute Gasteiger partial charge is 0.291 e. The van der Waals surface area contributed by atoms with Gasteiger partial charge in [0.1, 0.15) is 5.58 Å². The third-order valence-corrected chi connectivity index (χ3v) is 4.48. The van der Waals surface area contributed by atoms with E-state index in [2.05, 4.69) is 16.0 Å². The van der Waals surface area contributed by atoms with Crippen LogP contribution in [0, 0.1) is 5.92 Å². The highest BCUT2D eigenvalue weighted by molar-refractivity contribution is 5.90. The molecule has 3 aromatic rings. The summed E-state index contributed by atoms with van der Waals surface area (Å²) in [5.74, 6) is 0.313. The highest BCUT2D eigenvalue weighted by Gasteiger charge is 2.25. The second kappa shape index (κ2) is 7.03. The lowest BCUT2D eigenvalue weighted by Crippen LogP contribution is -2.37. The van der Waals surface area contributed by atoms with Gasteiger partial charge >= 0.3 is 0 Å². The highest BCUT2D eigenvalue weighted by atomic mass is 16.5. The van der Waals surface area contributed by atoms with Crippen LogP contribution in [-0.2, 0) is 11.2 Å². The number of ether oxygens (including phenoxy) is 1. The number of furan rings is 1. The number of amides is 1. The third-order valence-electron chi connectivity index (χ3n) is 4.48. The van der Waals surface area contributed by atoms with E-state index in [1.165, 1.54) is 5.56 Å². The van der Waals surface area contributed by atoms with Crippen molar-refractivity contribution >= 4 is 16.9 Å². The van der Waals surface area contributed by atoms with E-state index < -0.39 is 0 Å². The van der Waals surface area contributed by atoms with Gasteiger partial charge in [-0.25, -0.2) is 9.97 Å². The van der Waals surface area contributed by atoms with E-state index in [-0.39, 0.29) is 17.6 Å². The Morgan fingerprint density at radius 2 is 2.08 bits per heavy atom. The van der Waals surface area contributed by atoms with E-state index in [1.54, 1.807) is 29.6 Å². The predicted octanol–water partition coefficient (Wildman–Crippen LogP) is 2.55. The van der Waals surface area contributed by atoms with E-state index >= 15 is 0 Å². The number of benzene rings is 1. The number of hydrogen-bond donors (Lipinski definition) is 0. The Hall–Kier alpha value is -2.73. The Morgan fingerprint density at radius 3 is 2.96 bits per heavy atom. The van der Waals surface area contributed by atoms with Gasteiger partial charge in [0.15, 0.2) is 0 Å². The molecule has 0 spiro atoms. The molecule has 128 valence electrons. The number of rotatable bonds is 3. The molecule has 1 atom stereocenters. The van der Waals surface area contributed by atoms with Gasteiger partial charge in [-0.15, -0.1) is 0 Å². The Balaban J connectivity index is 1.52. The van der Waals surface area contributed by atoms with Crippen molar-refractivity contribution in [1.82, 2.24) is 14.9 Å². The van der Waals surface area contributed by atoms with Crippen LogP contribution in [0.15, 0.2) is 53.4 Å². The largest absolute Gasteiger partial charge is 0.464 e. The second-order valence-electron chi connectivity index (χ2n) is 6.22. The molecule has 25 heavy (non-hydrogen) atoms. The molecule has 1 fully saturated rings. The minimum atomic E-state index is -0.141. The first kappa shape index (κ1) is 15.8. The fourth-order valence-corrected chi connectivity index (χ4v) is 3.29. The van der Waals surface area contributed by atoms with Gasteiger partial charge in [-0.1, -0.05) is 12.1 Å². The summed E-state index contributed by atoms with van der Waals surface area (Å²) in [6.07, 6.45) is 5.72. The zero-order valence-electron chi connectivity index (χ0n) is 13.8. The minimum Gasteiger partial charge on any atom is -0.464 e. The van der Waals surface area contributed by atoms with Gasteiger partial charge in [-0.05, 0) is 30.2 Å². The molecular weight excluding hydrogens is 318 g/mol. The van der Waals surface area contributed by atoms with E-state index in [4.69, 9.17) is 9.15 Å². The molecule has 1 saturated heterocycles. The molecule has 2 aromatic heterocycles. The summed E-state index contributed by atoms with van der Waals surface area (Å²) >= 11 is 0. The first-order valence-electron chi connectivity index (χ1n) is 8.40. The van der Waals surface area contributed by atoms with Crippen LogP contribution < -0.4 is 0 Å². The molecule has 1 amide bonds. The molecule has 1 aliphatic rings. The van der Waals surface area contributed by atoms with Crippen LogP contribution in [0.5, 0.6) is 0 Å². The SMILES string of the molecule is O=C(c1ncccn1)N1CCOCC(Cc2cccc3occc23)C1. The van der Waals surface area contributed by atoms with E-state index in [0.29, 0.717) is 26.3 Å². The fourth-order valence-electron chi connectivity index (χ4n) is 3.29. The summed E-state index contributed by atoms with van der Waals surface area (Å²) in [5, 5.41) is 1.12. The van der Waals surface area contributed by atoms with Crippen molar-refractivity contribution in [3.8, 4) is 0 Å². The summed E-state index contributed by atoms with van der Waals surface area (Å²) in [5.41, 5.74) is 2.10. The molecule has 0 radical (unpaired) electrons. The number of hydrogen-bond acceptors (Lipinski definition) is 5. The van der Waals surface area contributed by atoms with Gasteiger partial charge in [0.25, 0.3) is 5.91 Å². The van der Waals surface area contributed by atoms with Crippen LogP contribution in [0.4, 0.5) is 0 Å². The second-order valence-corrected chi connectivity index (χ2v) is 6.22. The molecule has 0 saturated carbocycles. The molecule has 0 N–H and O–H groups in total. The lowest BCUT2D eigenvalue weighted by Gasteiger charge is -2.23. The number of carbonyl (C=O) groups is 1. The van der Waals surface area contributed by atoms with Crippen molar-refractivity contribution < 1.29 is 13.9 Å². The standard InChI is InChI=1S/C19H19N3O3/c23-19(18-20-6-2-7-21-18)22-8-10-24-13-14(12-22)11-15-3-1-4-17-16(15)5-9-25-17/h1-7,9,14H,8,10-13H2. The predicted molar refractivity (Wildman–Crippen MR) is 92.2 cm³/mol. The summed E-state index contributed by atoms with van der Waals surface area (Å²) in [6, 6.07) is 9.76. The number of nitrogens with zero attached hydrogens (tertiary/aromatic N) is 3. The van der Waals surface area contributed by atoms with Gasteiger partial charge in [-0.2, -0.15) is 0 Å². The number of aromatic nitrogens is 2. The zero-order valence-corrected chi connectivity index (χ0v) is 13.8. The fraction of sp³-hybridized carbons (Fsp3) is 0.316. The van der Waals surface area contributed by atoms with Crippen molar-refractivity contribution in [3.63, 3.8) is 0 Å². The van der Waals surface area contributed by atoms with Crippen LogP contribution in [0.3, 0.4) is 0 Å². The molecule has 1 unspecified atom stereocenters. The third kappa shape index (κ3) is 3.39. The van der Waals surface area contributed by atoms with Crippen molar-refractivity contribution in [3.05, 3.63) is 60.4 Å². The van der Waals surface area contributed by atoms with Gasteiger partial charge in [0.05, 0.1) is 19.5 Å². The maximum Gasteiger partial charge on any atom is 0.291 e. The summed E-state index contributed by atoms with van der Waals surface area (Å²) in [4.78, 5) is 22.6. The van der Waals surface area contributed by atoms with Gasteiger partial charge in [0, 0.05) is 36.8 Å². The Bertz CT molecular complexity index is 862. The maximum atomic E-state index is 12.7. The van der Waals surface area contributed by atoms with Crippen LogP contribution in [0.25, 0.3) is 11.0 Å². The molecule has 6 nitrogen and oxygen atoms in total. The Morgan fingerprint density at radius 1 is 1.20 bits per heavy atom. The molecule has 0 bridgehead atoms. The maximum absolute atomic E-state index is 12.7. The quantitative estimate of drug-likeness (QED) is 0.735. The number of fused-ring (bicyclic) bond motifs is 1. The Kier molecular flexibility index (Phi) is 4.43. The molecule has 0 aliphatic carbocycles. The van der Waals surface area contributed by atoms with Crippen molar-refractivity contribution in [1.29, 1.82) is 0 Å².